The zero-order valence-corrected chi connectivity index (χ0v) is 13.9. The highest BCUT2D eigenvalue weighted by Gasteiger charge is 2.18. The van der Waals surface area contributed by atoms with E-state index in [0.717, 1.165) is 29.9 Å². The Morgan fingerprint density at radius 3 is 3.00 bits per heavy atom. The monoisotopic (exact) mass is 323 g/mol. The fraction of sp³-hybridized carbons (Fsp3) is 0.588. The van der Waals surface area contributed by atoms with E-state index in [1.54, 1.807) is 7.05 Å². The molecule has 1 heterocycles. The molecule has 1 aromatic carbocycles. The second-order valence-electron chi connectivity index (χ2n) is 5.61. The van der Waals surface area contributed by atoms with Crippen LogP contribution in [0.15, 0.2) is 23.2 Å². The summed E-state index contributed by atoms with van der Waals surface area (Å²) < 4.78 is 23.6. The van der Waals surface area contributed by atoms with Crippen LogP contribution in [0.5, 0.6) is 5.75 Å². The predicted octanol–water partition coefficient (Wildman–Crippen LogP) is 2.19. The number of hydrogen-bond acceptors (Lipinski definition) is 3. The number of nitrogens with one attached hydrogen (secondary N) is 2. The lowest BCUT2D eigenvalue weighted by Crippen LogP contribution is -2.37. The molecule has 0 bridgehead atoms. The minimum absolute atomic E-state index is 0.123. The second kappa shape index (κ2) is 9.35. The number of benzene rings is 1. The van der Waals surface area contributed by atoms with Crippen LogP contribution in [-0.2, 0) is 11.3 Å². The molecule has 1 unspecified atom stereocenters. The smallest absolute Gasteiger partial charge is 0.191 e. The molecule has 0 radical (unpaired) electrons. The molecule has 0 aromatic heterocycles. The average Bonchev–Trinajstić information content (AvgIpc) is 3.05. The van der Waals surface area contributed by atoms with Gasteiger partial charge in [-0.05, 0) is 25.0 Å². The van der Waals surface area contributed by atoms with Crippen molar-refractivity contribution in [2.24, 2.45) is 4.99 Å². The van der Waals surface area contributed by atoms with E-state index in [0.29, 0.717) is 32.1 Å². The fourth-order valence-corrected chi connectivity index (χ4v) is 2.38. The second-order valence-corrected chi connectivity index (χ2v) is 5.61. The highest BCUT2D eigenvalue weighted by atomic mass is 19.1. The molecule has 1 aromatic rings. The van der Waals surface area contributed by atoms with Crippen LogP contribution in [0.25, 0.3) is 0 Å². The highest BCUT2D eigenvalue weighted by molar-refractivity contribution is 5.79. The summed E-state index contributed by atoms with van der Waals surface area (Å²) >= 11 is 0. The number of aryl methyl sites for hydroxylation is 1. The van der Waals surface area contributed by atoms with Gasteiger partial charge in [0, 0.05) is 32.1 Å². The van der Waals surface area contributed by atoms with Crippen molar-refractivity contribution < 1.29 is 13.9 Å². The van der Waals surface area contributed by atoms with E-state index in [1.165, 1.54) is 0 Å². The summed E-state index contributed by atoms with van der Waals surface area (Å²) in [6.45, 7) is 4.28. The van der Waals surface area contributed by atoms with Crippen molar-refractivity contribution >= 4 is 5.96 Å². The lowest BCUT2D eigenvalue weighted by atomic mass is 10.1. The van der Waals surface area contributed by atoms with Gasteiger partial charge in [-0.3, -0.25) is 9.38 Å². The van der Waals surface area contributed by atoms with Crippen molar-refractivity contribution in [1.29, 1.82) is 0 Å². The van der Waals surface area contributed by atoms with Crippen molar-refractivity contribution in [3.8, 4) is 5.75 Å². The van der Waals surface area contributed by atoms with E-state index in [2.05, 4.69) is 33.8 Å². The van der Waals surface area contributed by atoms with Crippen LogP contribution in [-0.4, -0.2) is 45.5 Å². The van der Waals surface area contributed by atoms with Crippen LogP contribution in [0.4, 0.5) is 4.39 Å². The number of aliphatic imine (C=N–C) groups is 1. The number of rotatable bonds is 7. The normalized spacial score (nSPS) is 18.0. The first-order chi connectivity index (χ1) is 11.2. The summed E-state index contributed by atoms with van der Waals surface area (Å²) in [4.78, 5) is 4.14. The van der Waals surface area contributed by atoms with Crippen LogP contribution in [0.1, 0.15) is 24.0 Å². The molecule has 5 nitrogen and oxygen atoms in total. The molecule has 0 saturated carbocycles. The Hall–Kier alpha value is -1.82. The summed E-state index contributed by atoms with van der Waals surface area (Å²) in [7, 11) is 1.70. The molecule has 1 fully saturated rings. The van der Waals surface area contributed by atoms with E-state index in [-0.39, 0.29) is 12.8 Å². The molecule has 6 heteroatoms. The lowest BCUT2D eigenvalue weighted by Gasteiger charge is -2.18. The topological polar surface area (TPSA) is 54.9 Å². The van der Waals surface area contributed by atoms with Gasteiger partial charge < -0.3 is 20.1 Å². The van der Waals surface area contributed by atoms with E-state index in [9.17, 15) is 4.39 Å². The molecule has 23 heavy (non-hydrogen) atoms. The van der Waals surface area contributed by atoms with Crippen molar-refractivity contribution in [3.05, 3.63) is 29.3 Å². The molecule has 2 N–H and O–H groups in total. The Kier molecular flexibility index (Phi) is 7.13. The van der Waals surface area contributed by atoms with Gasteiger partial charge in [0.15, 0.2) is 5.96 Å². The highest BCUT2D eigenvalue weighted by Crippen LogP contribution is 2.23. The third kappa shape index (κ3) is 5.71. The van der Waals surface area contributed by atoms with Gasteiger partial charge in [0.25, 0.3) is 0 Å². The van der Waals surface area contributed by atoms with Gasteiger partial charge in [-0.25, -0.2) is 0 Å². The van der Waals surface area contributed by atoms with E-state index >= 15 is 0 Å². The minimum atomic E-state index is -0.330. The standard InChI is InChI=1S/C17H26FN3O2/c1-13-4-5-14(11-21-17(19-2)20-8-3-7-18)16(10-13)23-15-6-9-22-12-15/h4-5,10,15H,3,6-9,11-12H2,1-2H3,(H2,19,20,21). The molecular weight excluding hydrogens is 297 g/mol. The molecule has 0 aliphatic carbocycles. The minimum Gasteiger partial charge on any atom is -0.488 e. The van der Waals surface area contributed by atoms with E-state index in [1.807, 2.05) is 6.92 Å². The quantitative estimate of drug-likeness (QED) is 0.459. The Bertz CT molecular complexity index is 517. The average molecular weight is 323 g/mol. The van der Waals surface area contributed by atoms with Crippen molar-refractivity contribution in [3.63, 3.8) is 0 Å². The first kappa shape index (κ1) is 17.5. The van der Waals surface area contributed by atoms with Gasteiger partial charge >= 0.3 is 0 Å². The van der Waals surface area contributed by atoms with E-state index < -0.39 is 0 Å². The van der Waals surface area contributed by atoms with Gasteiger partial charge in [-0.15, -0.1) is 0 Å². The van der Waals surface area contributed by atoms with Gasteiger partial charge in [-0.2, -0.15) is 0 Å². The molecule has 128 valence electrons. The molecule has 2 rings (SSSR count). The van der Waals surface area contributed by atoms with Crippen molar-refractivity contribution in [2.45, 2.75) is 32.4 Å². The number of guanidine groups is 1. The third-order valence-corrected chi connectivity index (χ3v) is 3.68. The molecule has 1 saturated heterocycles. The molecule has 1 atom stereocenters. The Balaban J connectivity index is 1.95. The molecule has 0 spiro atoms. The molecule has 1 aliphatic rings. The lowest BCUT2D eigenvalue weighted by molar-refractivity contribution is 0.140. The number of ether oxygens (including phenoxy) is 2. The number of hydrogen-bond donors (Lipinski definition) is 2. The van der Waals surface area contributed by atoms with Crippen LogP contribution < -0.4 is 15.4 Å². The third-order valence-electron chi connectivity index (χ3n) is 3.68. The Labute approximate surface area is 137 Å². The fourth-order valence-electron chi connectivity index (χ4n) is 2.38. The zero-order chi connectivity index (χ0) is 16.5. The summed E-state index contributed by atoms with van der Waals surface area (Å²) in [5.41, 5.74) is 2.23. The summed E-state index contributed by atoms with van der Waals surface area (Å²) in [6, 6.07) is 6.17. The summed E-state index contributed by atoms with van der Waals surface area (Å²) in [5.74, 6) is 1.54. The van der Waals surface area contributed by atoms with Crippen LogP contribution in [0.2, 0.25) is 0 Å². The summed E-state index contributed by atoms with van der Waals surface area (Å²) in [5, 5.41) is 6.32. The van der Waals surface area contributed by atoms with Crippen molar-refractivity contribution in [1.82, 2.24) is 10.6 Å². The first-order valence-electron chi connectivity index (χ1n) is 8.07. The maximum absolute atomic E-state index is 12.2. The van der Waals surface area contributed by atoms with Gasteiger partial charge in [0.2, 0.25) is 0 Å². The van der Waals surface area contributed by atoms with Crippen LogP contribution in [0, 0.1) is 6.92 Å². The summed E-state index contributed by atoms with van der Waals surface area (Å²) in [6.07, 6.45) is 1.52. The first-order valence-corrected chi connectivity index (χ1v) is 8.07. The van der Waals surface area contributed by atoms with Crippen LogP contribution in [0.3, 0.4) is 0 Å². The Morgan fingerprint density at radius 2 is 2.30 bits per heavy atom. The maximum atomic E-state index is 12.2. The zero-order valence-electron chi connectivity index (χ0n) is 13.9. The van der Waals surface area contributed by atoms with Crippen molar-refractivity contribution in [2.75, 3.05) is 33.5 Å². The SMILES string of the molecule is CN=C(NCCCF)NCc1ccc(C)cc1OC1CCOC1. The largest absolute Gasteiger partial charge is 0.488 e. The number of alkyl halides is 1. The van der Waals surface area contributed by atoms with Gasteiger partial charge in [-0.1, -0.05) is 12.1 Å². The van der Waals surface area contributed by atoms with Gasteiger partial charge in [0.05, 0.1) is 19.9 Å². The number of halogens is 1. The maximum Gasteiger partial charge on any atom is 0.191 e. The molecule has 0 amide bonds. The number of nitrogens with zero attached hydrogens (tertiary/aromatic N) is 1. The van der Waals surface area contributed by atoms with Crippen LogP contribution >= 0.6 is 0 Å². The molecular formula is C17H26FN3O2. The van der Waals surface area contributed by atoms with E-state index in [4.69, 9.17) is 9.47 Å². The predicted molar refractivity (Wildman–Crippen MR) is 89.8 cm³/mol. The van der Waals surface area contributed by atoms with Gasteiger partial charge in [0.1, 0.15) is 11.9 Å². The molecule has 1 aliphatic heterocycles. The Morgan fingerprint density at radius 1 is 1.43 bits per heavy atom.